The van der Waals surface area contributed by atoms with Gasteiger partial charge in [0, 0.05) is 26.2 Å². The van der Waals surface area contributed by atoms with Gasteiger partial charge in [0.15, 0.2) is 17.2 Å². The van der Waals surface area contributed by atoms with E-state index < -0.39 is 0 Å². The molecule has 1 aromatic heterocycles. The van der Waals surface area contributed by atoms with Crippen LogP contribution in [0.3, 0.4) is 0 Å². The van der Waals surface area contributed by atoms with Gasteiger partial charge in [-0.1, -0.05) is 18.2 Å². The van der Waals surface area contributed by atoms with Gasteiger partial charge in [-0.05, 0) is 48.2 Å². The number of carbonyl (C=O) groups is 1. The fraction of sp³-hybridized carbons (Fsp3) is 0.385. The lowest BCUT2D eigenvalue weighted by molar-refractivity contribution is 0.0853. The van der Waals surface area contributed by atoms with E-state index in [0.717, 1.165) is 47.8 Å². The Hall–Kier alpha value is -3.56. The molecule has 1 N–H and O–H groups in total. The zero-order valence-corrected chi connectivity index (χ0v) is 19.7. The van der Waals surface area contributed by atoms with Crippen LogP contribution in [0.25, 0.3) is 0 Å². The number of nitrogens with zero attached hydrogens (tertiary/aromatic N) is 2. The number of carbonyl (C=O) groups excluding carboxylic acids is 1. The second kappa shape index (κ2) is 10.8. The molecule has 5 rings (SSSR count). The van der Waals surface area contributed by atoms with E-state index in [1.807, 2.05) is 36.4 Å². The van der Waals surface area contributed by atoms with Crippen molar-refractivity contribution in [3.05, 3.63) is 71.4 Å². The highest BCUT2D eigenvalue weighted by Crippen LogP contribution is 2.33. The lowest BCUT2D eigenvalue weighted by atomic mass is 10.1. The number of fused-ring (bicyclic) bond motifs is 1. The fourth-order valence-corrected chi connectivity index (χ4v) is 4.28. The smallest absolute Gasteiger partial charge is 0.273 e. The highest BCUT2D eigenvalue weighted by Gasteiger charge is 2.20. The summed E-state index contributed by atoms with van der Waals surface area (Å²) in [5, 5.41) is 2.88. The number of nitrogens with one attached hydrogen (secondary N) is 1. The van der Waals surface area contributed by atoms with Crippen LogP contribution in [-0.4, -0.2) is 48.9 Å². The molecule has 0 radical (unpaired) electrons. The maximum absolute atomic E-state index is 12.5. The minimum absolute atomic E-state index is 0.0744. The van der Waals surface area contributed by atoms with E-state index in [1.165, 1.54) is 6.26 Å². The average molecular weight is 480 g/mol. The molecule has 184 valence electrons. The summed E-state index contributed by atoms with van der Waals surface area (Å²) in [4.78, 5) is 19.1. The third-order valence-electron chi connectivity index (χ3n) is 6.04. The van der Waals surface area contributed by atoms with Crippen molar-refractivity contribution in [3.8, 4) is 17.2 Å². The first-order valence-electron chi connectivity index (χ1n) is 11.7. The van der Waals surface area contributed by atoms with Gasteiger partial charge in [0.2, 0.25) is 12.7 Å². The summed E-state index contributed by atoms with van der Waals surface area (Å²) in [7, 11) is 1.65. The van der Waals surface area contributed by atoms with Gasteiger partial charge >= 0.3 is 0 Å². The number of aromatic nitrogens is 1. The molecule has 3 aromatic rings. The fourth-order valence-electron chi connectivity index (χ4n) is 4.28. The Morgan fingerprint density at radius 1 is 1.11 bits per heavy atom. The molecule has 0 aliphatic carbocycles. The molecule has 1 amide bonds. The summed E-state index contributed by atoms with van der Waals surface area (Å²) in [6.45, 7) is 3.14. The van der Waals surface area contributed by atoms with Crippen LogP contribution < -0.4 is 19.5 Å². The van der Waals surface area contributed by atoms with Crippen molar-refractivity contribution in [2.75, 3.05) is 27.1 Å². The van der Waals surface area contributed by atoms with Crippen LogP contribution in [0.15, 0.2) is 53.1 Å². The standard InChI is InChI=1S/C26H29N3O6/c1-31-20-5-2-4-18(10-20)13-29(14-19-7-8-23-24(11-19)35-17-34-23)15-25-28-22(16-33-25)26(30)27-12-21-6-3-9-32-21/h2,4-5,7-8,10-11,16,21H,3,6,9,12-15,17H2,1H3,(H,27,30). The summed E-state index contributed by atoms with van der Waals surface area (Å²) in [5.41, 5.74) is 2.42. The second-order valence-electron chi connectivity index (χ2n) is 8.66. The number of ether oxygens (including phenoxy) is 4. The molecule has 0 spiro atoms. The third-order valence-corrected chi connectivity index (χ3v) is 6.04. The van der Waals surface area contributed by atoms with E-state index >= 15 is 0 Å². The van der Waals surface area contributed by atoms with Gasteiger partial charge in [0.25, 0.3) is 5.91 Å². The lowest BCUT2D eigenvalue weighted by Crippen LogP contribution is -2.32. The molecule has 1 atom stereocenters. The van der Waals surface area contributed by atoms with Gasteiger partial charge < -0.3 is 28.7 Å². The molecule has 1 saturated heterocycles. The number of amides is 1. The zero-order chi connectivity index (χ0) is 24.0. The van der Waals surface area contributed by atoms with E-state index in [9.17, 15) is 4.79 Å². The van der Waals surface area contributed by atoms with Crippen molar-refractivity contribution in [1.82, 2.24) is 15.2 Å². The SMILES string of the molecule is COc1cccc(CN(Cc2ccc3c(c2)OCO3)Cc2nc(C(=O)NCC3CCCO3)co2)c1. The topological polar surface area (TPSA) is 95.3 Å². The van der Waals surface area contributed by atoms with E-state index in [1.54, 1.807) is 7.11 Å². The highest BCUT2D eigenvalue weighted by molar-refractivity contribution is 5.91. The van der Waals surface area contributed by atoms with Crippen LogP contribution in [0.2, 0.25) is 0 Å². The van der Waals surface area contributed by atoms with Crippen LogP contribution in [0.5, 0.6) is 17.2 Å². The van der Waals surface area contributed by atoms with Crippen molar-refractivity contribution in [2.45, 2.75) is 38.6 Å². The monoisotopic (exact) mass is 479 g/mol. The molecule has 1 unspecified atom stereocenters. The number of methoxy groups -OCH3 is 1. The molecule has 35 heavy (non-hydrogen) atoms. The zero-order valence-electron chi connectivity index (χ0n) is 19.7. The average Bonchev–Trinajstić information content (AvgIpc) is 3.64. The molecule has 9 heteroatoms. The van der Waals surface area contributed by atoms with E-state index in [-0.39, 0.29) is 24.5 Å². The molecule has 2 aliphatic heterocycles. The molecular formula is C26H29N3O6. The van der Waals surface area contributed by atoms with Crippen molar-refractivity contribution >= 4 is 5.91 Å². The Morgan fingerprint density at radius 3 is 2.80 bits per heavy atom. The van der Waals surface area contributed by atoms with E-state index in [4.69, 9.17) is 23.4 Å². The Kier molecular flexibility index (Phi) is 7.15. The van der Waals surface area contributed by atoms with Gasteiger partial charge in [0.05, 0.1) is 19.8 Å². The number of hydrogen-bond donors (Lipinski definition) is 1. The van der Waals surface area contributed by atoms with Crippen LogP contribution in [0.1, 0.15) is 40.3 Å². The predicted molar refractivity (Wildman–Crippen MR) is 126 cm³/mol. The van der Waals surface area contributed by atoms with Crippen molar-refractivity contribution in [1.29, 1.82) is 0 Å². The van der Waals surface area contributed by atoms with Crippen LogP contribution in [0, 0.1) is 0 Å². The van der Waals surface area contributed by atoms with Crippen LogP contribution in [-0.2, 0) is 24.4 Å². The number of benzene rings is 2. The Morgan fingerprint density at radius 2 is 1.97 bits per heavy atom. The number of oxazole rings is 1. The summed E-state index contributed by atoms with van der Waals surface area (Å²) in [6.07, 6.45) is 3.47. The maximum atomic E-state index is 12.5. The molecule has 3 heterocycles. The van der Waals surface area contributed by atoms with E-state index in [0.29, 0.717) is 32.1 Å². The lowest BCUT2D eigenvalue weighted by Gasteiger charge is -2.21. The van der Waals surface area contributed by atoms with Crippen LogP contribution in [0.4, 0.5) is 0 Å². The molecule has 2 aromatic carbocycles. The van der Waals surface area contributed by atoms with Crippen molar-refractivity contribution < 1.29 is 28.2 Å². The first-order chi connectivity index (χ1) is 17.2. The minimum Gasteiger partial charge on any atom is -0.497 e. The first kappa shape index (κ1) is 23.2. The number of hydrogen-bond acceptors (Lipinski definition) is 8. The summed E-state index contributed by atoms with van der Waals surface area (Å²) in [6, 6.07) is 13.9. The van der Waals surface area contributed by atoms with Crippen molar-refractivity contribution in [2.24, 2.45) is 0 Å². The second-order valence-corrected chi connectivity index (χ2v) is 8.66. The van der Waals surface area contributed by atoms with E-state index in [2.05, 4.69) is 21.3 Å². The highest BCUT2D eigenvalue weighted by atomic mass is 16.7. The molecule has 0 bridgehead atoms. The molecular weight excluding hydrogens is 450 g/mol. The molecule has 2 aliphatic rings. The molecule has 9 nitrogen and oxygen atoms in total. The molecule has 1 fully saturated rings. The largest absolute Gasteiger partial charge is 0.497 e. The van der Waals surface area contributed by atoms with Gasteiger partial charge in [-0.25, -0.2) is 4.98 Å². The normalized spacial score (nSPS) is 16.6. The van der Waals surface area contributed by atoms with Gasteiger partial charge in [-0.2, -0.15) is 0 Å². The Labute approximate surface area is 203 Å². The van der Waals surface area contributed by atoms with Crippen molar-refractivity contribution in [3.63, 3.8) is 0 Å². The molecule has 0 saturated carbocycles. The van der Waals surface area contributed by atoms with Gasteiger partial charge in [-0.15, -0.1) is 0 Å². The predicted octanol–water partition coefficient (Wildman–Crippen LogP) is 3.52. The quantitative estimate of drug-likeness (QED) is 0.472. The number of rotatable bonds is 10. The summed E-state index contributed by atoms with van der Waals surface area (Å²) in [5.74, 6) is 2.50. The third kappa shape index (κ3) is 5.93. The summed E-state index contributed by atoms with van der Waals surface area (Å²) >= 11 is 0. The Balaban J connectivity index is 1.28. The first-order valence-corrected chi connectivity index (χ1v) is 11.7. The van der Waals surface area contributed by atoms with Crippen LogP contribution >= 0.6 is 0 Å². The van der Waals surface area contributed by atoms with Gasteiger partial charge in [0.1, 0.15) is 12.0 Å². The maximum Gasteiger partial charge on any atom is 0.273 e. The van der Waals surface area contributed by atoms with Gasteiger partial charge in [-0.3, -0.25) is 9.69 Å². The summed E-state index contributed by atoms with van der Waals surface area (Å²) < 4.78 is 27.6. The minimum atomic E-state index is -0.259. The Bertz CT molecular complexity index is 1160.